The summed E-state index contributed by atoms with van der Waals surface area (Å²) in [6.07, 6.45) is 1.11. The van der Waals surface area contributed by atoms with Gasteiger partial charge in [-0.15, -0.1) is 0 Å². The van der Waals surface area contributed by atoms with Gasteiger partial charge in [-0.2, -0.15) is 0 Å². The van der Waals surface area contributed by atoms with E-state index in [0.717, 1.165) is 6.42 Å². The van der Waals surface area contributed by atoms with Crippen LogP contribution in [0.4, 0.5) is 0 Å². The first-order valence-electron chi connectivity index (χ1n) is 4.27. The highest BCUT2D eigenvalue weighted by molar-refractivity contribution is 14.1. The van der Waals surface area contributed by atoms with Crippen LogP contribution in [0.1, 0.15) is 30.9 Å². The zero-order chi connectivity index (χ0) is 9.14. The Morgan fingerprint density at radius 3 is 2.58 bits per heavy atom. The maximum Gasteiger partial charge on any atom is 0.0165 e. The van der Waals surface area contributed by atoms with E-state index >= 15 is 0 Å². The topological polar surface area (TPSA) is 0 Å². The second kappa shape index (κ2) is 4.26. The molecular formula is C11H14I. The molecule has 0 bridgehead atoms. The predicted octanol–water partition coefficient (Wildman–Crippen LogP) is 3.79. The summed E-state index contributed by atoms with van der Waals surface area (Å²) in [4.78, 5) is 0. The molecule has 0 aliphatic carbocycles. The Balaban J connectivity index is 3.18. The number of benzene rings is 1. The van der Waals surface area contributed by atoms with Crippen LogP contribution >= 0.6 is 22.6 Å². The van der Waals surface area contributed by atoms with E-state index in [4.69, 9.17) is 0 Å². The smallest absolute Gasteiger partial charge is 0.0165 e. The van der Waals surface area contributed by atoms with E-state index in [1.54, 1.807) is 0 Å². The van der Waals surface area contributed by atoms with Crippen molar-refractivity contribution in [1.82, 2.24) is 0 Å². The zero-order valence-corrected chi connectivity index (χ0v) is 9.76. The van der Waals surface area contributed by atoms with Gasteiger partial charge >= 0.3 is 0 Å². The Morgan fingerprint density at radius 1 is 1.50 bits per heavy atom. The molecule has 0 amide bonds. The molecule has 0 nitrogen and oxygen atoms in total. The fourth-order valence-corrected chi connectivity index (χ4v) is 2.31. The van der Waals surface area contributed by atoms with Gasteiger partial charge in [0.15, 0.2) is 0 Å². The van der Waals surface area contributed by atoms with E-state index < -0.39 is 0 Å². The van der Waals surface area contributed by atoms with Crippen molar-refractivity contribution in [2.75, 3.05) is 0 Å². The maximum absolute atomic E-state index is 4.06. The molecule has 1 rings (SSSR count). The van der Waals surface area contributed by atoms with Gasteiger partial charge in [0, 0.05) is 3.57 Å². The number of halogens is 1. The minimum atomic E-state index is 0.398. The van der Waals surface area contributed by atoms with Crippen molar-refractivity contribution < 1.29 is 0 Å². The summed E-state index contributed by atoms with van der Waals surface area (Å²) in [6.45, 7) is 8.40. The van der Waals surface area contributed by atoms with Crippen molar-refractivity contribution >= 4 is 22.6 Å². The van der Waals surface area contributed by atoms with Crippen molar-refractivity contribution in [2.24, 2.45) is 0 Å². The van der Waals surface area contributed by atoms with E-state index in [1.807, 2.05) is 0 Å². The zero-order valence-electron chi connectivity index (χ0n) is 7.60. The van der Waals surface area contributed by atoms with Crippen LogP contribution in [0.5, 0.6) is 0 Å². The average Bonchev–Trinajstić information content (AvgIpc) is 2.03. The van der Waals surface area contributed by atoms with Crippen LogP contribution in [0.3, 0.4) is 0 Å². The van der Waals surface area contributed by atoms with E-state index in [0.29, 0.717) is 5.92 Å². The van der Waals surface area contributed by atoms with Crippen LogP contribution in [-0.4, -0.2) is 0 Å². The van der Waals surface area contributed by atoms with Crippen LogP contribution < -0.4 is 0 Å². The predicted molar refractivity (Wildman–Crippen MR) is 62.3 cm³/mol. The van der Waals surface area contributed by atoms with Crippen molar-refractivity contribution in [1.29, 1.82) is 0 Å². The van der Waals surface area contributed by atoms with Crippen LogP contribution in [0.15, 0.2) is 18.2 Å². The lowest BCUT2D eigenvalue weighted by atomic mass is 9.96. The first-order valence-corrected chi connectivity index (χ1v) is 5.35. The van der Waals surface area contributed by atoms with Crippen LogP contribution in [-0.2, 0) is 6.42 Å². The second-order valence-corrected chi connectivity index (χ2v) is 4.22. The van der Waals surface area contributed by atoms with E-state index in [1.165, 1.54) is 14.7 Å². The van der Waals surface area contributed by atoms with Crippen LogP contribution in [0.2, 0.25) is 0 Å². The Kier molecular flexibility index (Phi) is 3.56. The molecule has 0 heterocycles. The quantitative estimate of drug-likeness (QED) is 0.719. The molecule has 0 N–H and O–H groups in total. The van der Waals surface area contributed by atoms with Gasteiger partial charge in [0.2, 0.25) is 0 Å². The van der Waals surface area contributed by atoms with Gasteiger partial charge in [0.1, 0.15) is 0 Å². The van der Waals surface area contributed by atoms with Crippen LogP contribution in [0, 0.1) is 10.5 Å². The molecular weight excluding hydrogens is 259 g/mol. The molecule has 1 radical (unpaired) electrons. The highest BCUT2D eigenvalue weighted by Crippen LogP contribution is 2.23. The molecule has 1 aromatic rings. The molecule has 0 aliphatic heterocycles. The molecule has 0 saturated carbocycles. The van der Waals surface area contributed by atoms with Crippen LogP contribution in [0.25, 0.3) is 0 Å². The standard InChI is InChI=1S/C11H14I/c1-4-9-10(8(2)3)6-5-7-11(9)12/h5-8H,2,4H2,1,3H3. The third-order valence-electron chi connectivity index (χ3n) is 2.04. The molecule has 1 aromatic carbocycles. The highest BCUT2D eigenvalue weighted by Gasteiger charge is 2.06. The second-order valence-electron chi connectivity index (χ2n) is 3.06. The van der Waals surface area contributed by atoms with Crippen molar-refractivity contribution in [2.45, 2.75) is 26.2 Å². The number of rotatable bonds is 2. The molecule has 0 fully saturated rings. The van der Waals surface area contributed by atoms with Gasteiger partial charge in [-0.05, 0) is 59.0 Å². The Hall–Kier alpha value is -0.0500. The lowest BCUT2D eigenvalue weighted by Gasteiger charge is -2.12. The summed E-state index contributed by atoms with van der Waals surface area (Å²) < 4.78 is 1.36. The molecule has 0 aliphatic rings. The van der Waals surface area contributed by atoms with E-state index in [-0.39, 0.29) is 0 Å². The summed E-state index contributed by atoms with van der Waals surface area (Å²) in [7, 11) is 0. The Bertz CT molecular complexity index is 264. The lowest BCUT2D eigenvalue weighted by Crippen LogP contribution is -1.97. The SMILES string of the molecule is [CH2]C(C)c1cccc(I)c1CC. The molecule has 1 unspecified atom stereocenters. The normalized spacial score (nSPS) is 10.8. The van der Waals surface area contributed by atoms with Gasteiger partial charge in [-0.25, -0.2) is 0 Å². The monoisotopic (exact) mass is 273 g/mol. The third kappa shape index (κ3) is 2.00. The fraction of sp³-hybridized carbons (Fsp3) is 0.364. The molecule has 1 heteroatoms. The van der Waals surface area contributed by atoms with Crippen molar-refractivity contribution in [3.63, 3.8) is 0 Å². The van der Waals surface area contributed by atoms with Gasteiger partial charge in [0.05, 0.1) is 0 Å². The molecule has 12 heavy (non-hydrogen) atoms. The van der Waals surface area contributed by atoms with Gasteiger partial charge in [-0.1, -0.05) is 26.0 Å². The largest absolute Gasteiger partial charge is 0.0612 e. The summed E-state index contributed by atoms with van der Waals surface area (Å²) in [5.74, 6) is 0.398. The number of hydrogen-bond acceptors (Lipinski definition) is 0. The Labute approximate surface area is 88.5 Å². The van der Waals surface area contributed by atoms with Gasteiger partial charge in [0.25, 0.3) is 0 Å². The van der Waals surface area contributed by atoms with Crippen molar-refractivity contribution in [3.05, 3.63) is 39.8 Å². The molecule has 65 valence electrons. The summed E-state index contributed by atoms with van der Waals surface area (Å²) >= 11 is 2.39. The first-order chi connectivity index (χ1) is 5.66. The van der Waals surface area contributed by atoms with Gasteiger partial charge in [-0.3, -0.25) is 0 Å². The fourth-order valence-electron chi connectivity index (χ4n) is 1.41. The first kappa shape index (κ1) is 10.0. The summed E-state index contributed by atoms with van der Waals surface area (Å²) in [5, 5.41) is 0. The average molecular weight is 273 g/mol. The van der Waals surface area contributed by atoms with Crippen molar-refractivity contribution in [3.8, 4) is 0 Å². The molecule has 0 saturated heterocycles. The maximum atomic E-state index is 4.06. The molecule has 0 aromatic heterocycles. The van der Waals surface area contributed by atoms with Gasteiger partial charge < -0.3 is 0 Å². The van der Waals surface area contributed by atoms with E-state index in [9.17, 15) is 0 Å². The third-order valence-corrected chi connectivity index (χ3v) is 3.05. The summed E-state index contributed by atoms with van der Waals surface area (Å²) in [6, 6.07) is 6.45. The molecule has 1 atom stereocenters. The highest BCUT2D eigenvalue weighted by atomic mass is 127. The number of hydrogen-bond donors (Lipinski definition) is 0. The Morgan fingerprint density at radius 2 is 2.17 bits per heavy atom. The molecule has 0 spiro atoms. The summed E-state index contributed by atoms with van der Waals surface area (Å²) in [5.41, 5.74) is 2.85. The lowest BCUT2D eigenvalue weighted by molar-refractivity contribution is 0.921. The minimum absolute atomic E-state index is 0.398. The minimum Gasteiger partial charge on any atom is -0.0612 e. The van der Waals surface area contributed by atoms with E-state index in [2.05, 4.69) is 61.6 Å².